The van der Waals surface area contributed by atoms with Crippen LogP contribution in [0, 0.1) is 0 Å². The van der Waals surface area contributed by atoms with Crippen LogP contribution in [0.25, 0.3) is 0 Å². The number of carbonyl (C=O) groups excluding carboxylic acids is 3. The Balaban J connectivity index is 1.18. The molecule has 0 aromatic heterocycles. The maximum Gasteiger partial charge on any atom is 0.308 e. The first-order chi connectivity index (χ1) is 19.5. The minimum atomic E-state index is -0.918. The Labute approximate surface area is 237 Å². The van der Waals surface area contributed by atoms with Crippen LogP contribution in [0.1, 0.15) is 56.1 Å². The number of carbonyl (C=O) groups is 3. The maximum atomic E-state index is 13.8. The topological polar surface area (TPSA) is 88.2 Å². The first-order valence-corrected chi connectivity index (χ1v) is 14.7. The lowest BCUT2D eigenvalue weighted by Gasteiger charge is -2.52. The van der Waals surface area contributed by atoms with Crippen LogP contribution in [0.3, 0.4) is 0 Å². The van der Waals surface area contributed by atoms with Crippen molar-refractivity contribution in [2.45, 2.75) is 75.7 Å². The molecule has 40 heavy (non-hydrogen) atoms. The summed E-state index contributed by atoms with van der Waals surface area (Å²) in [6.07, 6.45) is 6.04. The predicted octanol–water partition coefficient (Wildman–Crippen LogP) is 3.48. The van der Waals surface area contributed by atoms with Crippen molar-refractivity contribution in [2.75, 3.05) is 32.8 Å². The minimum absolute atomic E-state index is 0.0755. The van der Waals surface area contributed by atoms with Gasteiger partial charge in [0.1, 0.15) is 18.2 Å². The van der Waals surface area contributed by atoms with E-state index in [0.717, 1.165) is 57.3 Å². The van der Waals surface area contributed by atoms with Crippen LogP contribution in [0.2, 0.25) is 0 Å². The average molecular weight is 548 g/mol. The van der Waals surface area contributed by atoms with Crippen molar-refractivity contribution < 1.29 is 23.9 Å². The average Bonchev–Trinajstić information content (AvgIpc) is 3.51. The molecule has 0 saturated carbocycles. The SMILES string of the molecule is O=C(CC1NC(=O)C2(CCN(CCCCc3ccccc3)CC2)N(CC2CCCO2)C1=O)OCc1ccccc1. The highest BCUT2D eigenvalue weighted by Gasteiger charge is 2.54. The molecule has 0 aliphatic carbocycles. The van der Waals surface area contributed by atoms with Crippen LogP contribution in [-0.4, -0.2) is 78.1 Å². The molecule has 8 nitrogen and oxygen atoms in total. The lowest BCUT2D eigenvalue weighted by molar-refractivity contribution is -0.165. The van der Waals surface area contributed by atoms with Gasteiger partial charge in [0.25, 0.3) is 0 Å². The standard InChI is InChI=1S/C32H41N3O5/c36-29(40-24-26-13-5-2-6-14-26)22-28-30(37)35(23-27-15-9-21-39-27)32(31(38)33-28)16-19-34(20-17-32)18-8-7-12-25-10-3-1-4-11-25/h1-6,10-11,13-14,27-28H,7-9,12,15-24H2,(H,33,38). The summed E-state index contributed by atoms with van der Waals surface area (Å²) in [5.41, 5.74) is 1.34. The number of piperazine rings is 1. The summed E-state index contributed by atoms with van der Waals surface area (Å²) < 4.78 is 11.3. The molecule has 5 rings (SSSR count). The number of unbranched alkanes of at least 4 members (excludes halogenated alkanes) is 1. The second-order valence-electron chi connectivity index (χ2n) is 11.3. The Kier molecular flexibility index (Phi) is 9.49. The van der Waals surface area contributed by atoms with E-state index in [1.165, 1.54) is 5.56 Å². The lowest BCUT2D eigenvalue weighted by Crippen LogP contribution is -2.73. The molecule has 3 saturated heterocycles. The molecule has 2 aromatic rings. The molecule has 8 heteroatoms. The molecule has 2 unspecified atom stereocenters. The quantitative estimate of drug-likeness (QED) is 0.342. The normalized spacial score (nSPS) is 22.9. The molecule has 3 heterocycles. The van der Waals surface area contributed by atoms with E-state index < -0.39 is 17.6 Å². The zero-order chi connectivity index (χ0) is 27.8. The number of aryl methyl sites for hydroxylation is 1. The molecule has 0 radical (unpaired) electrons. The van der Waals surface area contributed by atoms with E-state index in [1.54, 1.807) is 4.90 Å². The van der Waals surface area contributed by atoms with Gasteiger partial charge in [0.2, 0.25) is 11.8 Å². The fraction of sp³-hybridized carbons (Fsp3) is 0.531. The molecule has 1 spiro atoms. The molecular weight excluding hydrogens is 506 g/mol. The highest BCUT2D eigenvalue weighted by atomic mass is 16.5. The number of hydrogen-bond acceptors (Lipinski definition) is 6. The van der Waals surface area contributed by atoms with Crippen LogP contribution < -0.4 is 5.32 Å². The molecule has 3 aliphatic rings. The van der Waals surface area contributed by atoms with E-state index in [9.17, 15) is 14.4 Å². The van der Waals surface area contributed by atoms with E-state index >= 15 is 0 Å². The Morgan fingerprint density at radius 1 is 0.975 bits per heavy atom. The summed E-state index contributed by atoms with van der Waals surface area (Å²) in [4.78, 5) is 44.3. The third-order valence-electron chi connectivity index (χ3n) is 8.55. The molecule has 0 bridgehead atoms. The van der Waals surface area contributed by atoms with E-state index in [1.807, 2.05) is 36.4 Å². The Morgan fingerprint density at radius 2 is 1.68 bits per heavy atom. The fourth-order valence-electron chi connectivity index (χ4n) is 6.19. The summed E-state index contributed by atoms with van der Waals surface area (Å²) in [5, 5.41) is 2.91. The Morgan fingerprint density at radius 3 is 2.35 bits per heavy atom. The minimum Gasteiger partial charge on any atom is -0.461 e. The number of rotatable bonds is 11. The fourth-order valence-corrected chi connectivity index (χ4v) is 6.19. The lowest BCUT2D eigenvalue weighted by atomic mass is 9.81. The first kappa shape index (κ1) is 28.3. The van der Waals surface area contributed by atoms with Crippen molar-refractivity contribution in [3.05, 3.63) is 71.8 Å². The van der Waals surface area contributed by atoms with Gasteiger partial charge >= 0.3 is 5.97 Å². The smallest absolute Gasteiger partial charge is 0.308 e. The number of amides is 2. The van der Waals surface area contributed by atoms with E-state index in [2.05, 4.69) is 34.5 Å². The van der Waals surface area contributed by atoms with Crippen LogP contribution in [0.15, 0.2) is 60.7 Å². The number of ether oxygens (including phenoxy) is 2. The van der Waals surface area contributed by atoms with Gasteiger partial charge in [0, 0.05) is 26.2 Å². The van der Waals surface area contributed by atoms with E-state index in [-0.39, 0.29) is 30.9 Å². The number of piperidine rings is 1. The third kappa shape index (κ3) is 6.91. The van der Waals surface area contributed by atoms with Crippen LogP contribution in [0.5, 0.6) is 0 Å². The zero-order valence-electron chi connectivity index (χ0n) is 23.3. The van der Waals surface area contributed by atoms with Crippen LogP contribution in [-0.2, 0) is 36.9 Å². The second-order valence-corrected chi connectivity index (χ2v) is 11.3. The monoisotopic (exact) mass is 547 g/mol. The summed E-state index contributed by atoms with van der Waals surface area (Å²) in [7, 11) is 0. The van der Waals surface area contributed by atoms with Crippen LogP contribution in [0.4, 0.5) is 0 Å². The molecule has 214 valence electrons. The summed E-state index contributed by atoms with van der Waals surface area (Å²) in [6, 6.07) is 19.0. The van der Waals surface area contributed by atoms with Gasteiger partial charge in [-0.1, -0.05) is 60.7 Å². The van der Waals surface area contributed by atoms with Crippen molar-refractivity contribution >= 4 is 17.8 Å². The van der Waals surface area contributed by atoms with E-state index in [4.69, 9.17) is 9.47 Å². The molecule has 2 aromatic carbocycles. The molecule has 1 N–H and O–H groups in total. The van der Waals surface area contributed by atoms with Gasteiger partial charge in [0.05, 0.1) is 12.5 Å². The van der Waals surface area contributed by atoms with Gasteiger partial charge in [-0.05, 0) is 62.6 Å². The predicted molar refractivity (Wildman–Crippen MR) is 151 cm³/mol. The number of nitrogens with zero attached hydrogens (tertiary/aromatic N) is 2. The van der Waals surface area contributed by atoms with Crippen molar-refractivity contribution in [2.24, 2.45) is 0 Å². The van der Waals surface area contributed by atoms with Gasteiger partial charge in [-0.3, -0.25) is 14.4 Å². The third-order valence-corrected chi connectivity index (χ3v) is 8.55. The molecule has 3 aliphatic heterocycles. The summed E-state index contributed by atoms with van der Waals surface area (Å²) in [5.74, 6) is -0.862. The van der Waals surface area contributed by atoms with Crippen molar-refractivity contribution in [3.8, 4) is 0 Å². The summed E-state index contributed by atoms with van der Waals surface area (Å²) >= 11 is 0. The number of hydrogen-bond donors (Lipinski definition) is 1. The highest BCUT2D eigenvalue weighted by molar-refractivity contribution is 6.01. The number of nitrogens with one attached hydrogen (secondary N) is 1. The Hall–Kier alpha value is -3.23. The Bertz CT molecular complexity index is 1130. The van der Waals surface area contributed by atoms with E-state index in [0.29, 0.717) is 26.0 Å². The van der Waals surface area contributed by atoms with Crippen molar-refractivity contribution in [3.63, 3.8) is 0 Å². The second kappa shape index (κ2) is 13.4. The van der Waals surface area contributed by atoms with Crippen molar-refractivity contribution in [1.82, 2.24) is 15.1 Å². The van der Waals surface area contributed by atoms with Gasteiger partial charge in [0.15, 0.2) is 0 Å². The molecule has 2 atom stereocenters. The highest BCUT2D eigenvalue weighted by Crippen LogP contribution is 2.35. The molecule has 2 amide bonds. The van der Waals surface area contributed by atoms with Gasteiger partial charge in [-0.15, -0.1) is 0 Å². The first-order valence-electron chi connectivity index (χ1n) is 14.7. The van der Waals surface area contributed by atoms with Gasteiger partial charge in [-0.2, -0.15) is 0 Å². The number of likely N-dealkylation sites (tertiary alicyclic amines) is 1. The number of benzene rings is 2. The largest absolute Gasteiger partial charge is 0.461 e. The molecular formula is C32H41N3O5. The summed E-state index contributed by atoms with van der Waals surface area (Å²) in [6.45, 7) is 3.71. The van der Waals surface area contributed by atoms with Crippen LogP contribution >= 0.6 is 0 Å². The number of esters is 1. The van der Waals surface area contributed by atoms with Gasteiger partial charge in [-0.25, -0.2) is 0 Å². The van der Waals surface area contributed by atoms with Gasteiger partial charge < -0.3 is 24.6 Å². The maximum absolute atomic E-state index is 13.8. The molecule has 3 fully saturated rings. The zero-order valence-corrected chi connectivity index (χ0v) is 23.3. The van der Waals surface area contributed by atoms with Crippen molar-refractivity contribution in [1.29, 1.82) is 0 Å².